The predicted molar refractivity (Wildman–Crippen MR) is 68.7 cm³/mol. The lowest BCUT2D eigenvalue weighted by molar-refractivity contribution is 0.0957. The van der Waals surface area contributed by atoms with Crippen LogP contribution in [0, 0.1) is 5.92 Å². The van der Waals surface area contributed by atoms with E-state index in [1.165, 1.54) is 18.4 Å². The minimum Gasteiger partial charge on any atom is -0.491 e. The molecular weight excluding hydrogens is 282 g/mol. The van der Waals surface area contributed by atoms with Gasteiger partial charge in [-0.1, -0.05) is 22.0 Å². The predicted octanol–water partition coefficient (Wildman–Crippen LogP) is 2.65. The van der Waals surface area contributed by atoms with Gasteiger partial charge in [0.2, 0.25) is 0 Å². The quantitative estimate of drug-likeness (QED) is 0.852. The highest BCUT2D eigenvalue weighted by atomic mass is 79.9. The molecule has 2 aliphatic rings. The Labute approximate surface area is 109 Å². The van der Waals surface area contributed by atoms with Crippen molar-refractivity contribution >= 4 is 21.8 Å². The summed E-state index contributed by atoms with van der Waals surface area (Å²) in [6.07, 6.45) is 2.55. The molecule has 1 heterocycles. The van der Waals surface area contributed by atoms with Crippen molar-refractivity contribution < 1.29 is 9.53 Å². The Hall–Kier alpha value is -1.03. The van der Waals surface area contributed by atoms with Crippen molar-refractivity contribution in [2.45, 2.75) is 17.7 Å². The van der Waals surface area contributed by atoms with Crippen molar-refractivity contribution in [3.05, 3.63) is 29.3 Å². The van der Waals surface area contributed by atoms with Crippen molar-refractivity contribution in [3.8, 4) is 5.75 Å². The number of rotatable bonds is 2. The van der Waals surface area contributed by atoms with E-state index in [9.17, 15) is 4.79 Å². The van der Waals surface area contributed by atoms with Gasteiger partial charge < -0.3 is 10.1 Å². The van der Waals surface area contributed by atoms with E-state index in [1.807, 2.05) is 12.1 Å². The second-order valence-electron chi connectivity index (χ2n) is 4.60. The van der Waals surface area contributed by atoms with Crippen molar-refractivity contribution in [3.63, 3.8) is 0 Å². The van der Waals surface area contributed by atoms with Gasteiger partial charge in [-0.15, -0.1) is 0 Å². The van der Waals surface area contributed by atoms with Gasteiger partial charge in [0.05, 0.1) is 12.1 Å². The number of amides is 1. The molecule has 1 fully saturated rings. The van der Waals surface area contributed by atoms with E-state index >= 15 is 0 Å². The first-order chi connectivity index (χ1) is 8.25. The summed E-state index contributed by atoms with van der Waals surface area (Å²) >= 11 is 3.71. The van der Waals surface area contributed by atoms with Crippen LogP contribution in [0.4, 0.5) is 0 Å². The summed E-state index contributed by atoms with van der Waals surface area (Å²) in [5.74, 6) is 1.39. The standard InChI is InChI=1S/C13H14BrNO2/c14-12(8-1-2-8)9-3-4-11-10(7-9)13(16)15-5-6-17-11/h3-4,7-8,12H,1-2,5-6H2,(H,15,16). The lowest BCUT2D eigenvalue weighted by Gasteiger charge is -2.12. The number of carbonyl (C=O) groups is 1. The molecule has 1 aromatic carbocycles. The van der Waals surface area contributed by atoms with Crippen LogP contribution in [0.5, 0.6) is 5.75 Å². The smallest absolute Gasteiger partial charge is 0.255 e. The van der Waals surface area contributed by atoms with Gasteiger partial charge in [-0.05, 0) is 36.5 Å². The lowest BCUT2D eigenvalue weighted by Crippen LogP contribution is -2.24. The number of ether oxygens (including phenoxy) is 1. The van der Waals surface area contributed by atoms with Gasteiger partial charge in [-0.2, -0.15) is 0 Å². The average molecular weight is 296 g/mol. The number of hydrogen-bond donors (Lipinski definition) is 1. The highest BCUT2D eigenvalue weighted by molar-refractivity contribution is 9.09. The Kier molecular flexibility index (Phi) is 2.82. The summed E-state index contributed by atoms with van der Waals surface area (Å²) in [5.41, 5.74) is 1.83. The molecule has 3 nitrogen and oxygen atoms in total. The Morgan fingerprint density at radius 1 is 1.41 bits per heavy atom. The van der Waals surface area contributed by atoms with E-state index in [1.54, 1.807) is 0 Å². The molecule has 0 aromatic heterocycles. The molecule has 17 heavy (non-hydrogen) atoms. The van der Waals surface area contributed by atoms with Crippen LogP contribution < -0.4 is 10.1 Å². The van der Waals surface area contributed by atoms with E-state index in [2.05, 4.69) is 27.3 Å². The zero-order valence-corrected chi connectivity index (χ0v) is 11.0. The molecule has 1 unspecified atom stereocenters. The second-order valence-corrected chi connectivity index (χ2v) is 5.59. The van der Waals surface area contributed by atoms with Crippen molar-refractivity contribution in [2.75, 3.05) is 13.2 Å². The maximum Gasteiger partial charge on any atom is 0.255 e. The summed E-state index contributed by atoms with van der Waals surface area (Å²) < 4.78 is 5.53. The third-order valence-corrected chi connectivity index (χ3v) is 4.52. The Morgan fingerprint density at radius 2 is 2.24 bits per heavy atom. The van der Waals surface area contributed by atoms with E-state index < -0.39 is 0 Å². The molecule has 1 aliphatic heterocycles. The van der Waals surface area contributed by atoms with Crippen LogP contribution in [-0.2, 0) is 0 Å². The Morgan fingerprint density at radius 3 is 3.00 bits per heavy atom. The highest BCUT2D eigenvalue weighted by Gasteiger charge is 2.31. The Balaban J connectivity index is 1.95. The normalized spacial score (nSPS) is 20.9. The minimum atomic E-state index is -0.0325. The van der Waals surface area contributed by atoms with Crippen LogP contribution in [0.3, 0.4) is 0 Å². The fourth-order valence-corrected chi connectivity index (χ4v) is 2.92. The SMILES string of the molecule is O=C1NCCOc2ccc(C(Br)C3CC3)cc21. The van der Waals surface area contributed by atoms with Crippen LogP contribution in [0.15, 0.2) is 18.2 Å². The van der Waals surface area contributed by atoms with Crippen LogP contribution in [0.1, 0.15) is 33.6 Å². The molecule has 1 aromatic rings. The molecular formula is C13H14BrNO2. The maximum absolute atomic E-state index is 11.9. The molecule has 1 saturated carbocycles. The number of alkyl halides is 1. The van der Waals surface area contributed by atoms with Crippen molar-refractivity contribution in [1.82, 2.24) is 5.32 Å². The Bertz CT molecular complexity index is 457. The summed E-state index contributed by atoms with van der Waals surface area (Å²) in [7, 11) is 0. The van der Waals surface area contributed by atoms with E-state index in [0.717, 1.165) is 5.92 Å². The molecule has 1 aliphatic carbocycles. The molecule has 1 atom stereocenters. The number of fused-ring (bicyclic) bond motifs is 1. The second kappa shape index (κ2) is 4.33. The molecule has 0 saturated heterocycles. The monoisotopic (exact) mass is 295 g/mol. The average Bonchev–Trinajstić information content (AvgIpc) is 3.17. The van der Waals surface area contributed by atoms with Gasteiger partial charge in [0.1, 0.15) is 12.4 Å². The zero-order valence-electron chi connectivity index (χ0n) is 9.41. The largest absolute Gasteiger partial charge is 0.491 e. The third-order valence-electron chi connectivity index (χ3n) is 3.25. The first-order valence-corrected chi connectivity index (χ1v) is 6.86. The fraction of sp³-hybridized carbons (Fsp3) is 0.462. The number of hydrogen-bond acceptors (Lipinski definition) is 2. The molecule has 0 radical (unpaired) electrons. The van der Waals surface area contributed by atoms with Gasteiger partial charge in [0.15, 0.2) is 0 Å². The molecule has 0 spiro atoms. The van der Waals surface area contributed by atoms with E-state index in [0.29, 0.717) is 29.3 Å². The fourth-order valence-electron chi connectivity index (χ4n) is 2.10. The maximum atomic E-state index is 11.9. The molecule has 0 bridgehead atoms. The summed E-state index contributed by atoms with van der Waals surface area (Å²) in [5, 5.41) is 2.83. The summed E-state index contributed by atoms with van der Waals surface area (Å²) in [4.78, 5) is 12.2. The first-order valence-electron chi connectivity index (χ1n) is 5.95. The summed E-state index contributed by atoms with van der Waals surface area (Å²) in [6.45, 7) is 1.11. The third kappa shape index (κ3) is 2.18. The number of nitrogens with one attached hydrogen (secondary N) is 1. The lowest BCUT2D eigenvalue weighted by atomic mass is 10.0. The number of halogens is 1. The van der Waals surface area contributed by atoms with Gasteiger partial charge >= 0.3 is 0 Å². The van der Waals surface area contributed by atoms with Gasteiger partial charge in [-0.3, -0.25) is 4.79 Å². The van der Waals surface area contributed by atoms with Crippen LogP contribution in [-0.4, -0.2) is 19.1 Å². The highest BCUT2D eigenvalue weighted by Crippen LogP contribution is 2.46. The number of carbonyl (C=O) groups excluding carboxylic acids is 1. The van der Waals surface area contributed by atoms with Crippen LogP contribution in [0.2, 0.25) is 0 Å². The number of benzene rings is 1. The first kappa shape index (κ1) is 11.1. The molecule has 4 heteroatoms. The van der Waals surface area contributed by atoms with Gasteiger partial charge in [0.25, 0.3) is 5.91 Å². The zero-order chi connectivity index (χ0) is 11.8. The van der Waals surface area contributed by atoms with E-state index in [4.69, 9.17) is 4.74 Å². The molecule has 90 valence electrons. The van der Waals surface area contributed by atoms with Crippen molar-refractivity contribution in [2.24, 2.45) is 5.92 Å². The van der Waals surface area contributed by atoms with Gasteiger partial charge in [-0.25, -0.2) is 0 Å². The van der Waals surface area contributed by atoms with Crippen LogP contribution >= 0.6 is 15.9 Å². The van der Waals surface area contributed by atoms with Gasteiger partial charge in [0, 0.05) is 4.83 Å². The van der Waals surface area contributed by atoms with Crippen LogP contribution in [0.25, 0.3) is 0 Å². The molecule has 1 amide bonds. The molecule has 3 rings (SSSR count). The molecule has 1 N–H and O–H groups in total. The van der Waals surface area contributed by atoms with Crippen molar-refractivity contribution in [1.29, 1.82) is 0 Å². The summed E-state index contributed by atoms with van der Waals surface area (Å²) in [6, 6.07) is 5.91. The minimum absolute atomic E-state index is 0.0325. The van der Waals surface area contributed by atoms with E-state index in [-0.39, 0.29) is 5.91 Å². The topological polar surface area (TPSA) is 38.3 Å².